The number of rotatable bonds is 3. The van der Waals surface area contributed by atoms with Gasteiger partial charge in [-0.1, -0.05) is 39.0 Å². The molecule has 0 amide bonds. The molecule has 3 unspecified atom stereocenters. The maximum absolute atomic E-state index is 9.97. The third-order valence-corrected chi connectivity index (χ3v) is 4.25. The van der Waals surface area contributed by atoms with Crippen LogP contribution in [-0.2, 0) is 4.74 Å². The highest BCUT2D eigenvalue weighted by Crippen LogP contribution is 2.35. The first-order valence-electron chi connectivity index (χ1n) is 7.14. The molecular formula is C14H26O2. The van der Waals surface area contributed by atoms with Crippen LogP contribution in [0.1, 0.15) is 64.7 Å². The molecule has 16 heavy (non-hydrogen) atoms. The topological polar surface area (TPSA) is 29.5 Å². The molecule has 0 radical (unpaired) electrons. The van der Waals surface area contributed by atoms with Crippen molar-refractivity contribution in [2.24, 2.45) is 5.92 Å². The molecule has 2 aliphatic rings. The van der Waals surface area contributed by atoms with Crippen molar-refractivity contribution in [3.05, 3.63) is 0 Å². The normalized spacial score (nSPS) is 37.5. The van der Waals surface area contributed by atoms with Crippen molar-refractivity contribution >= 4 is 0 Å². The molecule has 0 aromatic rings. The van der Waals surface area contributed by atoms with E-state index in [0.29, 0.717) is 6.10 Å². The van der Waals surface area contributed by atoms with Gasteiger partial charge in [0, 0.05) is 6.42 Å². The molecule has 2 rings (SSSR count). The molecule has 1 aliphatic carbocycles. The van der Waals surface area contributed by atoms with Crippen LogP contribution in [0, 0.1) is 5.92 Å². The summed E-state index contributed by atoms with van der Waals surface area (Å²) < 4.78 is 6.06. The average Bonchev–Trinajstić information content (AvgIpc) is 2.54. The lowest BCUT2D eigenvalue weighted by Gasteiger charge is -2.22. The zero-order valence-corrected chi connectivity index (χ0v) is 10.5. The van der Waals surface area contributed by atoms with Crippen molar-refractivity contribution in [2.45, 2.75) is 83.0 Å². The van der Waals surface area contributed by atoms with Crippen LogP contribution in [0.5, 0.6) is 0 Å². The van der Waals surface area contributed by atoms with Gasteiger partial charge in [0.05, 0.1) is 18.3 Å². The summed E-state index contributed by atoms with van der Waals surface area (Å²) in [7, 11) is 0. The van der Waals surface area contributed by atoms with E-state index in [4.69, 9.17) is 4.74 Å². The standard InChI is InChI=1S/C14H26O2/c1-2-7-13-12(15)10-14(16-13)11-8-5-3-4-6-9-11/h11-15H,2-10H2,1H3. The Morgan fingerprint density at radius 1 is 1.12 bits per heavy atom. The van der Waals surface area contributed by atoms with Gasteiger partial charge in [0.2, 0.25) is 0 Å². The molecular weight excluding hydrogens is 200 g/mol. The second-order valence-electron chi connectivity index (χ2n) is 5.56. The Hall–Kier alpha value is -0.0800. The van der Waals surface area contributed by atoms with Crippen LogP contribution in [0.25, 0.3) is 0 Å². The smallest absolute Gasteiger partial charge is 0.0838 e. The van der Waals surface area contributed by atoms with Crippen molar-refractivity contribution in [3.8, 4) is 0 Å². The maximum Gasteiger partial charge on any atom is 0.0838 e. The summed E-state index contributed by atoms with van der Waals surface area (Å²) in [4.78, 5) is 0. The largest absolute Gasteiger partial charge is 0.390 e. The van der Waals surface area contributed by atoms with Crippen LogP contribution in [0.4, 0.5) is 0 Å². The monoisotopic (exact) mass is 226 g/mol. The van der Waals surface area contributed by atoms with E-state index in [-0.39, 0.29) is 12.2 Å². The molecule has 2 fully saturated rings. The zero-order valence-electron chi connectivity index (χ0n) is 10.5. The fraction of sp³-hybridized carbons (Fsp3) is 1.00. The predicted molar refractivity (Wildman–Crippen MR) is 65.4 cm³/mol. The van der Waals surface area contributed by atoms with E-state index in [9.17, 15) is 5.11 Å². The molecule has 1 saturated heterocycles. The lowest BCUT2D eigenvalue weighted by atomic mass is 9.91. The first-order chi connectivity index (χ1) is 7.81. The van der Waals surface area contributed by atoms with Gasteiger partial charge in [-0.3, -0.25) is 0 Å². The molecule has 0 spiro atoms. The highest BCUT2D eigenvalue weighted by Gasteiger charge is 2.37. The van der Waals surface area contributed by atoms with Gasteiger partial charge < -0.3 is 9.84 Å². The fourth-order valence-corrected chi connectivity index (χ4v) is 3.29. The second kappa shape index (κ2) is 6.02. The molecule has 2 heteroatoms. The van der Waals surface area contributed by atoms with E-state index in [1.165, 1.54) is 38.5 Å². The van der Waals surface area contributed by atoms with Crippen molar-refractivity contribution in [3.63, 3.8) is 0 Å². The summed E-state index contributed by atoms with van der Waals surface area (Å²) in [6.45, 7) is 2.16. The van der Waals surface area contributed by atoms with Gasteiger partial charge in [0.25, 0.3) is 0 Å². The Morgan fingerprint density at radius 2 is 1.81 bits per heavy atom. The first-order valence-corrected chi connectivity index (χ1v) is 7.14. The molecule has 1 N–H and O–H groups in total. The number of ether oxygens (including phenoxy) is 1. The van der Waals surface area contributed by atoms with Gasteiger partial charge in [-0.15, -0.1) is 0 Å². The van der Waals surface area contributed by atoms with Crippen LogP contribution < -0.4 is 0 Å². The Morgan fingerprint density at radius 3 is 2.44 bits per heavy atom. The van der Waals surface area contributed by atoms with E-state index in [2.05, 4.69) is 6.92 Å². The quantitative estimate of drug-likeness (QED) is 0.748. The second-order valence-corrected chi connectivity index (χ2v) is 5.56. The summed E-state index contributed by atoms with van der Waals surface area (Å²) in [6, 6.07) is 0. The zero-order chi connectivity index (χ0) is 11.4. The highest BCUT2D eigenvalue weighted by atomic mass is 16.5. The van der Waals surface area contributed by atoms with E-state index in [1.807, 2.05) is 0 Å². The molecule has 2 nitrogen and oxygen atoms in total. The van der Waals surface area contributed by atoms with Crippen molar-refractivity contribution < 1.29 is 9.84 Å². The van der Waals surface area contributed by atoms with Crippen LogP contribution in [0.3, 0.4) is 0 Å². The van der Waals surface area contributed by atoms with E-state index >= 15 is 0 Å². The third-order valence-electron chi connectivity index (χ3n) is 4.25. The van der Waals surface area contributed by atoms with Crippen LogP contribution >= 0.6 is 0 Å². The fourth-order valence-electron chi connectivity index (χ4n) is 3.29. The highest BCUT2D eigenvalue weighted by molar-refractivity contribution is 4.86. The Bertz CT molecular complexity index is 197. The van der Waals surface area contributed by atoms with Crippen molar-refractivity contribution in [1.82, 2.24) is 0 Å². The number of hydrogen-bond acceptors (Lipinski definition) is 2. The van der Waals surface area contributed by atoms with E-state index in [1.54, 1.807) is 0 Å². The SMILES string of the molecule is CCCC1OC(C2CCCCCC2)CC1O. The molecule has 1 saturated carbocycles. The number of hydrogen-bond donors (Lipinski definition) is 1. The minimum atomic E-state index is -0.201. The summed E-state index contributed by atoms with van der Waals surface area (Å²) in [6.07, 6.45) is 11.4. The van der Waals surface area contributed by atoms with Crippen LogP contribution in [0.15, 0.2) is 0 Å². The minimum absolute atomic E-state index is 0.123. The minimum Gasteiger partial charge on any atom is -0.390 e. The van der Waals surface area contributed by atoms with Gasteiger partial charge in [-0.05, 0) is 25.2 Å². The van der Waals surface area contributed by atoms with Gasteiger partial charge in [-0.25, -0.2) is 0 Å². The summed E-state index contributed by atoms with van der Waals surface area (Å²) in [5.74, 6) is 0.721. The molecule has 1 aliphatic heterocycles. The molecule has 94 valence electrons. The van der Waals surface area contributed by atoms with Gasteiger partial charge in [0.1, 0.15) is 0 Å². The lowest BCUT2D eigenvalue weighted by molar-refractivity contribution is -0.0181. The molecule has 0 aromatic carbocycles. The van der Waals surface area contributed by atoms with Crippen LogP contribution in [-0.4, -0.2) is 23.4 Å². The van der Waals surface area contributed by atoms with Gasteiger partial charge in [0.15, 0.2) is 0 Å². The maximum atomic E-state index is 9.97. The predicted octanol–water partition coefficient (Wildman–Crippen LogP) is 3.28. The summed E-state index contributed by atoms with van der Waals surface area (Å²) in [5, 5.41) is 9.97. The Labute approximate surface area is 99.4 Å². The Balaban J connectivity index is 1.85. The van der Waals surface area contributed by atoms with Gasteiger partial charge in [-0.2, -0.15) is 0 Å². The summed E-state index contributed by atoms with van der Waals surface area (Å²) >= 11 is 0. The number of aliphatic hydroxyl groups is 1. The van der Waals surface area contributed by atoms with Crippen molar-refractivity contribution in [1.29, 1.82) is 0 Å². The first kappa shape index (κ1) is 12.4. The molecule has 0 aromatic heterocycles. The molecule has 1 heterocycles. The van der Waals surface area contributed by atoms with E-state index < -0.39 is 0 Å². The Kier molecular flexibility index (Phi) is 4.66. The van der Waals surface area contributed by atoms with E-state index in [0.717, 1.165) is 25.2 Å². The molecule has 0 bridgehead atoms. The lowest BCUT2D eigenvalue weighted by Crippen LogP contribution is -2.21. The molecule has 3 atom stereocenters. The third kappa shape index (κ3) is 2.98. The summed E-state index contributed by atoms with van der Waals surface area (Å²) in [5.41, 5.74) is 0. The number of aliphatic hydroxyl groups excluding tert-OH is 1. The van der Waals surface area contributed by atoms with Crippen molar-refractivity contribution in [2.75, 3.05) is 0 Å². The van der Waals surface area contributed by atoms with Gasteiger partial charge >= 0.3 is 0 Å². The average molecular weight is 226 g/mol. The van der Waals surface area contributed by atoms with Crippen LogP contribution in [0.2, 0.25) is 0 Å².